The summed E-state index contributed by atoms with van der Waals surface area (Å²) in [5.41, 5.74) is 0. The lowest BCUT2D eigenvalue weighted by Gasteiger charge is -2.31. The van der Waals surface area contributed by atoms with Crippen molar-refractivity contribution >= 4 is 20.8 Å². The molecule has 1 aliphatic rings. The summed E-state index contributed by atoms with van der Waals surface area (Å²) in [5.74, 6) is 1.00. The number of rotatable bonds is 6. The quantitative estimate of drug-likeness (QED) is 0.750. The predicted molar refractivity (Wildman–Crippen MR) is 75.5 cm³/mol. The first-order chi connectivity index (χ1) is 8.29. The van der Waals surface area contributed by atoms with Gasteiger partial charge in [-0.15, -0.1) is 0 Å². The van der Waals surface area contributed by atoms with E-state index in [9.17, 15) is 12.6 Å². The van der Waals surface area contributed by atoms with Gasteiger partial charge in [-0.3, -0.25) is 4.21 Å². The van der Waals surface area contributed by atoms with Crippen LogP contribution in [0.25, 0.3) is 0 Å². The van der Waals surface area contributed by atoms with Crippen LogP contribution in [0.3, 0.4) is 0 Å². The molecule has 1 N–H and O–H groups in total. The number of piperidine rings is 1. The molecule has 1 heterocycles. The van der Waals surface area contributed by atoms with Crippen LogP contribution in [0.5, 0.6) is 0 Å². The molecule has 0 spiro atoms. The molecule has 108 valence electrons. The fourth-order valence-electron chi connectivity index (χ4n) is 2.27. The standard InChI is InChI=1S/C11H24N2O3S2/c1-10(9-17(2)14)12-7-11-5-4-6-13(8-11)18(3,15)16/h10-12H,4-9H2,1-3H3. The maximum absolute atomic E-state index is 11.5. The number of nitrogens with zero attached hydrogens (tertiary/aromatic N) is 1. The van der Waals surface area contributed by atoms with E-state index in [4.69, 9.17) is 0 Å². The number of hydrogen-bond acceptors (Lipinski definition) is 4. The third-order valence-electron chi connectivity index (χ3n) is 3.19. The first-order valence-electron chi connectivity index (χ1n) is 6.27. The van der Waals surface area contributed by atoms with E-state index < -0.39 is 20.8 Å². The lowest BCUT2D eigenvalue weighted by molar-refractivity contribution is 0.258. The molecule has 1 saturated heterocycles. The molecule has 1 aliphatic heterocycles. The highest BCUT2D eigenvalue weighted by Crippen LogP contribution is 2.18. The van der Waals surface area contributed by atoms with E-state index in [1.54, 1.807) is 10.6 Å². The molecule has 0 aromatic heterocycles. The zero-order chi connectivity index (χ0) is 13.8. The first kappa shape index (κ1) is 16.1. The minimum atomic E-state index is -3.06. The van der Waals surface area contributed by atoms with Crippen LogP contribution in [0.15, 0.2) is 0 Å². The Hall–Kier alpha value is 0.0200. The second kappa shape index (κ2) is 6.98. The Labute approximate surface area is 113 Å². The van der Waals surface area contributed by atoms with Crippen molar-refractivity contribution in [3.05, 3.63) is 0 Å². The van der Waals surface area contributed by atoms with Crippen molar-refractivity contribution in [1.82, 2.24) is 9.62 Å². The topological polar surface area (TPSA) is 66.5 Å². The lowest BCUT2D eigenvalue weighted by atomic mass is 9.99. The molecule has 0 aromatic rings. The van der Waals surface area contributed by atoms with Gasteiger partial charge in [0.15, 0.2) is 0 Å². The van der Waals surface area contributed by atoms with E-state index in [-0.39, 0.29) is 6.04 Å². The maximum Gasteiger partial charge on any atom is 0.211 e. The van der Waals surface area contributed by atoms with E-state index in [1.165, 1.54) is 6.26 Å². The van der Waals surface area contributed by atoms with Crippen LogP contribution in [0, 0.1) is 5.92 Å². The highest BCUT2D eigenvalue weighted by molar-refractivity contribution is 7.88. The molecule has 5 nitrogen and oxygen atoms in total. The summed E-state index contributed by atoms with van der Waals surface area (Å²) in [5, 5.41) is 3.34. The van der Waals surface area contributed by atoms with Gasteiger partial charge in [0.25, 0.3) is 0 Å². The summed E-state index contributed by atoms with van der Waals surface area (Å²) in [4.78, 5) is 0. The van der Waals surface area contributed by atoms with Crippen LogP contribution in [0.2, 0.25) is 0 Å². The molecule has 1 fully saturated rings. The molecule has 1 rings (SSSR count). The van der Waals surface area contributed by atoms with Gasteiger partial charge in [-0.1, -0.05) is 0 Å². The second-order valence-electron chi connectivity index (χ2n) is 5.18. The van der Waals surface area contributed by atoms with Crippen LogP contribution in [0.4, 0.5) is 0 Å². The number of hydrogen-bond donors (Lipinski definition) is 1. The molecule has 0 aromatic carbocycles. The largest absolute Gasteiger partial charge is 0.313 e. The summed E-state index contributed by atoms with van der Waals surface area (Å²) in [6.45, 7) is 4.06. The van der Waals surface area contributed by atoms with Crippen molar-refractivity contribution in [2.45, 2.75) is 25.8 Å². The molecule has 0 radical (unpaired) electrons. The van der Waals surface area contributed by atoms with E-state index in [1.807, 2.05) is 6.92 Å². The van der Waals surface area contributed by atoms with Crippen molar-refractivity contribution in [3.63, 3.8) is 0 Å². The molecule has 0 bridgehead atoms. The van der Waals surface area contributed by atoms with Crippen molar-refractivity contribution in [2.75, 3.05) is 37.9 Å². The molecule has 3 unspecified atom stereocenters. The van der Waals surface area contributed by atoms with Gasteiger partial charge in [0, 0.05) is 41.9 Å². The lowest BCUT2D eigenvalue weighted by Crippen LogP contribution is -2.44. The van der Waals surface area contributed by atoms with E-state index in [0.29, 0.717) is 24.8 Å². The molecule has 0 saturated carbocycles. The molecule has 3 atom stereocenters. The summed E-state index contributed by atoms with van der Waals surface area (Å²) in [6, 6.07) is 0.212. The SMILES string of the molecule is CC(CS(C)=O)NCC1CCCN(S(C)(=O)=O)C1. The fourth-order valence-corrected chi connectivity index (χ4v) is 4.04. The number of sulfonamides is 1. The van der Waals surface area contributed by atoms with Crippen molar-refractivity contribution in [3.8, 4) is 0 Å². The molecule has 0 amide bonds. The van der Waals surface area contributed by atoms with Gasteiger partial charge < -0.3 is 5.32 Å². The summed E-state index contributed by atoms with van der Waals surface area (Å²) in [7, 11) is -3.85. The Kier molecular flexibility index (Phi) is 6.23. The van der Waals surface area contributed by atoms with Crippen LogP contribution < -0.4 is 5.32 Å². The van der Waals surface area contributed by atoms with Gasteiger partial charge in [0.1, 0.15) is 0 Å². The van der Waals surface area contributed by atoms with Gasteiger partial charge in [-0.05, 0) is 32.2 Å². The van der Waals surface area contributed by atoms with Crippen LogP contribution >= 0.6 is 0 Å². The summed E-state index contributed by atoms with van der Waals surface area (Å²) >= 11 is 0. The predicted octanol–water partition coefficient (Wildman–Crippen LogP) is 0.0146. The average Bonchev–Trinajstić information content (AvgIpc) is 2.25. The Morgan fingerprint density at radius 3 is 2.72 bits per heavy atom. The molecule has 7 heteroatoms. The van der Waals surface area contributed by atoms with Gasteiger partial charge in [-0.25, -0.2) is 12.7 Å². The van der Waals surface area contributed by atoms with Crippen molar-refractivity contribution in [2.24, 2.45) is 5.92 Å². The highest BCUT2D eigenvalue weighted by atomic mass is 32.2. The average molecular weight is 296 g/mol. The van der Waals surface area contributed by atoms with Gasteiger partial charge in [0.2, 0.25) is 10.0 Å². The zero-order valence-corrected chi connectivity index (χ0v) is 13.0. The smallest absolute Gasteiger partial charge is 0.211 e. The first-order valence-corrected chi connectivity index (χ1v) is 9.85. The Bertz CT molecular complexity index is 384. The van der Waals surface area contributed by atoms with E-state index in [0.717, 1.165) is 19.4 Å². The molecular formula is C11H24N2O3S2. The third kappa shape index (κ3) is 5.77. The maximum atomic E-state index is 11.5. The van der Waals surface area contributed by atoms with Crippen LogP contribution in [-0.4, -0.2) is 60.9 Å². The Morgan fingerprint density at radius 2 is 2.17 bits per heavy atom. The second-order valence-corrected chi connectivity index (χ2v) is 8.64. The normalized spacial score (nSPS) is 25.8. The van der Waals surface area contributed by atoms with E-state index in [2.05, 4.69) is 5.32 Å². The zero-order valence-electron chi connectivity index (χ0n) is 11.4. The fraction of sp³-hybridized carbons (Fsp3) is 1.00. The molecular weight excluding hydrogens is 272 g/mol. The molecule has 18 heavy (non-hydrogen) atoms. The highest BCUT2D eigenvalue weighted by Gasteiger charge is 2.25. The molecule has 0 aliphatic carbocycles. The number of nitrogens with one attached hydrogen (secondary N) is 1. The van der Waals surface area contributed by atoms with Gasteiger partial charge >= 0.3 is 0 Å². The minimum absolute atomic E-state index is 0.212. The Balaban J connectivity index is 2.37. The van der Waals surface area contributed by atoms with Crippen molar-refractivity contribution < 1.29 is 12.6 Å². The summed E-state index contributed by atoms with van der Waals surface area (Å²) < 4.78 is 35.6. The van der Waals surface area contributed by atoms with Crippen LogP contribution in [0.1, 0.15) is 19.8 Å². The van der Waals surface area contributed by atoms with E-state index >= 15 is 0 Å². The summed E-state index contributed by atoms with van der Waals surface area (Å²) in [6.07, 6.45) is 4.95. The monoisotopic (exact) mass is 296 g/mol. The Morgan fingerprint density at radius 1 is 1.50 bits per heavy atom. The van der Waals surface area contributed by atoms with Crippen molar-refractivity contribution in [1.29, 1.82) is 0 Å². The van der Waals surface area contributed by atoms with Gasteiger partial charge in [0.05, 0.1) is 6.26 Å². The third-order valence-corrected chi connectivity index (χ3v) is 5.43. The van der Waals surface area contributed by atoms with Crippen LogP contribution in [-0.2, 0) is 20.8 Å². The minimum Gasteiger partial charge on any atom is -0.313 e. The van der Waals surface area contributed by atoms with Gasteiger partial charge in [-0.2, -0.15) is 0 Å².